The number of amides is 1. The Morgan fingerprint density at radius 2 is 2.00 bits per heavy atom. The van der Waals surface area contributed by atoms with Crippen molar-refractivity contribution >= 4 is 17.6 Å². The van der Waals surface area contributed by atoms with Crippen LogP contribution in [0.2, 0.25) is 0 Å². The van der Waals surface area contributed by atoms with E-state index in [-0.39, 0.29) is 18.5 Å². The molecule has 0 aromatic heterocycles. The van der Waals surface area contributed by atoms with Crippen LogP contribution in [-0.2, 0) is 14.4 Å². The lowest BCUT2D eigenvalue weighted by Gasteiger charge is -2.22. The normalized spacial score (nSPS) is 20.6. The SMILES string of the molecule is O=C(O)CN(C(=O)C1CC(c2ccccc2)=NO1)C1CC1. The lowest BCUT2D eigenvalue weighted by Crippen LogP contribution is -2.43. The van der Waals surface area contributed by atoms with Gasteiger partial charge in [-0.3, -0.25) is 9.59 Å². The molecule has 1 saturated carbocycles. The number of carboxylic acid groups (broad SMARTS) is 1. The topological polar surface area (TPSA) is 79.2 Å². The molecule has 1 atom stereocenters. The molecule has 1 heterocycles. The number of nitrogens with zero attached hydrogens (tertiary/aromatic N) is 2. The van der Waals surface area contributed by atoms with Crippen molar-refractivity contribution in [1.29, 1.82) is 0 Å². The number of hydrogen-bond acceptors (Lipinski definition) is 4. The van der Waals surface area contributed by atoms with E-state index in [2.05, 4.69) is 5.16 Å². The Morgan fingerprint density at radius 1 is 1.29 bits per heavy atom. The first kappa shape index (κ1) is 13.6. The van der Waals surface area contributed by atoms with Crippen LogP contribution < -0.4 is 0 Å². The monoisotopic (exact) mass is 288 g/mol. The van der Waals surface area contributed by atoms with E-state index in [4.69, 9.17) is 9.94 Å². The van der Waals surface area contributed by atoms with Gasteiger partial charge in [-0.25, -0.2) is 0 Å². The van der Waals surface area contributed by atoms with Crippen molar-refractivity contribution in [3.8, 4) is 0 Å². The summed E-state index contributed by atoms with van der Waals surface area (Å²) in [6.45, 7) is -0.274. The molecule has 110 valence electrons. The van der Waals surface area contributed by atoms with E-state index in [0.717, 1.165) is 24.1 Å². The molecular weight excluding hydrogens is 272 g/mol. The maximum absolute atomic E-state index is 12.4. The van der Waals surface area contributed by atoms with E-state index in [1.807, 2.05) is 30.3 Å². The third-order valence-corrected chi connectivity index (χ3v) is 3.63. The number of aliphatic carboxylic acids is 1. The molecule has 0 spiro atoms. The summed E-state index contributed by atoms with van der Waals surface area (Å²) in [6.07, 6.45) is 1.39. The zero-order valence-electron chi connectivity index (χ0n) is 11.4. The van der Waals surface area contributed by atoms with Gasteiger partial charge in [-0.15, -0.1) is 0 Å². The minimum Gasteiger partial charge on any atom is -0.480 e. The molecular formula is C15H16N2O4. The van der Waals surface area contributed by atoms with Crippen molar-refractivity contribution in [2.75, 3.05) is 6.54 Å². The molecule has 1 fully saturated rings. The van der Waals surface area contributed by atoms with Crippen LogP contribution in [0.25, 0.3) is 0 Å². The van der Waals surface area contributed by atoms with Crippen LogP contribution in [0.15, 0.2) is 35.5 Å². The zero-order chi connectivity index (χ0) is 14.8. The molecule has 0 radical (unpaired) electrons. The fourth-order valence-corrected chi connectivity index (χ4v) is 2.41. The number of carbonyl (C=O) groups excluding carboxylic acids is 1. The Labute approximate surface area is 122 Å². The highest BCUT2D eigenvalue weighted by Crippen LogP contribution is 2.29. The third-order valence-electron chi connectivity index (χ3n) is 3.63. The molecule has 1 aromatic rings. The van der Waals surface area contributed by atoms with Crippen molar-refractivity contribution < 1.29 is 19.5 Å². The van der Waals surface area contributed by atoms with Gasteiger partial charge in [-0.1, -0.05) is 35.5 Å². The molecule has 6 nitrogen and oxygen atoms in total. The molecule has 6 heteroatoms. The number of hydrogen-bond donors (Lipinski definition) is 1. The van der Waals surface area contributed by atoms with Crippen LogP contribution in [0, 0.1) is 0 Å². The molecule has 1 aliphatic heterocycles. The Morgan fingerprint density at radius 3 is 2.62 bits per heavy atom. The largest absolute Gasteiger partial charge is 0.480 e. The van der Waals surface area contributed by atoms with E-state index < -0.39 is 12.1 Å². The van der Waals surface area contributed by atoms with Gasteiger partial charge in [0.1, 0.15) is 6.54 Å². The summed E-state index contributed by atoms with van der Waals surface area (Å²) < 4.78 is 0. The number of benzene rings is 1. The Kier molecular flexibility index (Phi) is 3.60. The van der Waals surface area contributed by atoms with E-state index >= 15 is 0 Å². The maximum Gasteiger partial charge on any atom is 0.323 e. The second kappa shape index (κ2) is 5.55. The first-order chi connectivity index (χ1) is 10.1. The summed E-state index contributed by atoms with van der Waals surface area (Å²) in [4.78, 5) is 29.9. The van der Waals surface area contributed by atoms with Gasteiger partial charge in [0, 0.05) is 12.5 Å². The van der Waals surface area contributed by atoms with Crippen molar-refractivity contribution in [2.45, 2.75) is 31.4 Å². The molecule has 0 bridgehead atoms. The maximum atomic E-state index is 12.4. The predicted octanol–water partition coefficient (Wildman–Crippen LogP) is 1.26. The molecule has 3 rings (SSSR count). The van der Waals surface area contributed by atoms with Crippen molar-refractivity contribution in [1.82, 2.24) is 4.90 Å². The second-order valence-electron chi connectivity index (χ2n) is 5.29. The number of rotatable bonds is 5. The minimum atomic E-state index is -1.00. The average Bonchev–Trinajstić information content (AvgIpc) is 3.21. The second-order valence-corrected chi connectivity index (χ2v) is 5.29. The number of carbonyl (C=O) groups is 2. The van der Waals surface area contributed by atoms with Gasteiger partial charge < -0.3 is 14.8 Å². The Bertz CT molecular complexity index is 581. The van der Waals surface area contributed by atoms with Gasteiger partial charge in [-0.05, 0) is 18.4 Å². The summed E-state index contributed by atoms with van der Waals surface area (Å²) in [7, 11) is 0. The van der Waals surface area contributed by atoms with Crippen molar-refractivity contribution in [3.05, 3.63) is 35.9 Å². The lowest BCUT2D eigenvalue weighted by atomic mass is 10.0. The fourth-order valence-electron chi connectivity index (χ4n) is 2.41. The highest BCUT2D eigenvalue weighted by atomic mass is 16.6. The van der Waals surface area contributed by atoms with Gasteiger partial charge >= 0.3 is 5.97 Å². The summed E-state index contributed by atoms with van der Waals surface area (Å²) >= 11 is 0. The average molecular weight is 288 g/mol. The summed E-state index contributed by atoms with van der Waals surface area (Å²) in [5, 5.41) is 12.9. The highest BCUT2D eigenvalue weighted by Gasteiger charge is 2.40. The van der Waals surface area contributed by atoms with Gasteiger partial charge in [0.2, 0.25) is 6.10 Å². The molecule has 21 heavy (non-hydrogen) atoms. The third kappa shape index (κ3) is 3.04. The number of carboxylic acids is 1. The quantitative estimate of drug-likeness (QED) is 0.884. The smallest absolute Gasteiger partial charge is 0.323 e. The summed E-state index contributed by atoms with van der Waals surface area (Å²) in [5.41, 5.74) is 1.64. The Balaban J connectivity index is 1.66. The molecule has 1 aromatic carbocycles. The first-order valence-corrected chi connectivity index (χ1v) is 6.95. The summed E-state index contributed by atoms with van der Waals surface area (Å²) in [6, 6.07) is 9.56. The van der Waals surface area contributed by atoms with Crippen LogP contribution in [-0.4, -0.2) is 46.3 Å². The van der Waals surface area contributed by atoms with E-state index in [0.29, 0.717) is 6.42 Å². The molecule has 0 saturated heterocycles. The van der Waals surface area contributed by atoms with Gasteiger partial charge in [-0.2, -0.15) is 0 Å². The molecule has 1 unspecified atom stereocenters. The molecule has 2 aliphatic rings. The van der Waals surface area contributed by atoms with Gasteiger partial charge in [0.05, 0.1) is 5.71 Å². The van der Waals surface area contributed by atoms with Crippen LogP contribution in [0.3, 0.4) is 0 Å². The van der Waals surface area contributed by atoms with Crippen LogP contribution >= 0.6 is 0 Å². The standard InChI is InChI=1S/C15H16N2O4/c18-14(19)9-17(11-6-7-11)15(20)13-8-12(16-21-13)10-4-2-1-3-5-10/h1-5,11,13H,6-9H2,(H,18,19). The van der Waals surface area contributed by atoms with E-state index in [9.17, 15) is 9.59 Å². The van der Waals surface area contributed by atoms with Crippen LogP contribution in [0.5, 0.6) is 0 Å². The zero-order valence-corrected chi connectivity index (χ0v) is 11.4. The van der Waals surface area contributed by atoms with Gasteiger partial charge in [0.15, 0.2) is 0 Å². The summed E-state index contributed by atoms with van der Waals surface area (Å²) in [5.74, 6) is -1.29. The predicted molar refractivity (Wildman–Crippen MR) is 74.8 cm³/mol. The van der Waals surface area contributed by atoms with Gasteiger partial charge in [0.25, 0.3) is 5.91 Å². The fraction of sp³-hybridized carbons (Fsp3) is 0.400. The highest BCUT2D eigenvalue weighted by molar-refractivity contribution is 6.04. The van der Waals surface area contributed by atoms with Crippen molar-refractivity contribution in [3.63, 3.8) is 0 Å². The Hall–Kier alpha value is -2.37. The van der Waals surface area contributed by atoms with Crippen molar-refractivity contribution in [2.24, 2.45) is 5.16 Å². The van der Waals surface area contributed by atoms with E-state index in [1.165, 1.54) is 4.90 Å². The number of oxime groups is 1. The lowest BCUT2D eigenvalue weighted by molar-refractivity contribution is -0.150. The van der Waals surface area contributed by atoms with Crippen LogP contribution in [0.1, 0.15) is 24.8 Å². The molecule has 1 amide bonds. The van der Waals surface area contributed by atoms with E-state index in [1.54, 1.807) is 0 Å². The molecule has 1 N–H and O–H groups in total. The minimum absolute atomic E-state index is 0.0398. The molecule has 1 aliphatic carbocycles. The van der Waals surface area contributed by atoms with Crippen LogP contribution in [0.4, 0.5) is 0 Å². The first-order valence-electron chi connectivity index (χ1n) is 6.95.